The van der Waals surface area contributed by atoms with Gasteiger partial charge in [0.1, 0.15) is 5.82 Å². The first-order valence-corrected chi connectivity index (χ1v) is 8.64. The van der Waals surface area contributed by atoms with Crippen LogP contribution in [0.3, 0.4) is 0 Å². The standard InChI is InChI=1S/C20H21FN2O3/c21-17-8-6-14(7-9-17)12-22-19(24)15-3-1-4-16(11-15)20(25)23-13-18-5-2-10-26-18/h1,3-4,6-9,11,18H,2,5,10,12-13H2,(H,22,24)(H,23,25). The molecule has 3 rings (SSSR count). The molecule has 6 heteroatoms. The minimum absolute atomic E-state index is 0.0705. The number of hydrogen-bond acceptors (Lipinski definition) is 3. The van der Waals surface area contributed by atoms with E-state index in [1.165, 1.54) is 12.1 Å². The van der Waals surface area contributed by atoms with Crippen molar-refractivity contribution in [2.75, 3.05) is 13.2 Å². The van der Waals surface area contributed by atoms with E-state index in [-0.39, 0.29) is 30.3 Å². The van der Waals surface area contributed by atoms with Gasteiger partial charge in [-0.15, -0.1) is 0 Å². The maximum Gasteiger partial charge on any atom is 0.251 e. The van der Waals surface area contributed by atoms with E-state index in [0.29, 0.717) is 17.7 Å². The second-order valence-corrected chi connectivity index (χ2v) is 6.24. The first kappa shape index (κ1) is 18.1. The maximum atomic E-state index is 12.9. The number of carbonyl (C=O) groups excluding carboxylic acids is 2. The van der Waals surface area contributed by atoms with Crippen LogP contribution in [0.2, 0.25) is 0 Å². The largest absolute Gasteiger partial charge is 0.376 e. The fourth-order valence-corrected chi connectivity index (χ4v) is 2.80. The minimum atomic E-state index is -0.318. The molecule has 1 atom stereocenters. The van der Waals surface area contributed by atoms with E-state index in [9.17, 15) is 14.0 Å². The van der Waals surface area contributed by atoms with Crippen LogP contribution in [0.1, 0.15) is 39.1 Å². The molecule has 1 saturated heterocycles. The first-order chi connectivity index (χ1) is 12.6. The van der Waals surface area contributed by atoms with Crippen molar-refractivity contribution in [3.63, 3.8) is 0 Å². The van der Waals surface area contributed by atoms with Crippen molar-refractivity contribution in [1.29, 1.82) is 0 Å². The van der Waals surface area contributed by atoms with Gasteiger partial charge in [0.05, 0.1) is 6.10 Å². The lowest BCUT2D eigenvalue weighted by Gasteiger charge is -2.11. The Kier molecular flexibility index (Phi) is 5.96. The van der Waals surface area contributed by atoms with Crippen molar-refractivity contribution < 1.29 is 18.7 Å². The van der Waals surface area contributed by atoms with Crippen LogP contribution in [0.15, 0.2) is 48.5 Å². The van der Waals surface area contributed by atoms with E-state index in [2.05, 4.69) is 10.6 Å². The van der Waals surface area contributed by atoms with Gasteiger partial charge >= 0.3 is 0 Å². The Morgan fingerprint density at radius 3 is 2.38 bits per heavy atom. The van der Waals surface area contributed by atoms with E-state index in [1.54, 1.807) is 36.4 Å². The van der Waals surface area contributed by atoms with Crippen LogP contribution < -0.4 is 10.6 Å². The molecule has 1 aliphatic heterocycles. The van der Waals surface area contributed by atoms with Gasteiger partial charge < -0.3 is 15.4 Å². The number of rotatable bonds is 6. The fourth-order valence-electron chi connectivity index (χ4n) is 2.80. The van der Waals surface area contributed by atoms with Crippen LogP contribution in [-0.2, 0) is 11.3 Å². The molecular formula is C20H21FN2O3. The quantitative estimate of drug-likeness (QED) is 0.836. The van der Waals surface area contributed by atoms with Crippen LogP contribution in [-0.4, -0.2) is 31.1 Å². The summed E-state index contributed by atoms with van der Waals surface area (Å²) in [4.78, 5) is 24.5. The highest BCUT2D eigenvalue weighted by Crippen LogP contribution is 2.11. The van der Waals surface area contributed by atoms with Crippen LogP contribution in [0.25, 0.3) is 0 Å². The van der Waals surface area contributed by atoms with Crippen molar-refractivity contribution in [3.05, 3.63) is 71.0 Å². The Labute approximate surface area is 151 Å². The highest BCUT2D eigenvalue weighted by Gasteiger charge is 2.17. The molecular weight excluding hydrogens is 335 g/mol. The Bertz CT molecular complexity index is 771. The van der Waals surface area contributed by atoms with E-state index >= 15 is 0 Å². The number of nitrogens with one attached hydrogen (secondary N) is 2. The number of carbonyl (C=O) groups is 2. The predicted octanol–water partition coefficient (Wildman–Crippen LogP) is 2.66. The zero-order chi connectivity index (χ0) is 18.4. The molecule has 0 radical (unpaired) electrons. The van der Waals surface area contributed by atoms with E-state index in [0.717, 1.165) is 25.0 Å². The molecule has 2 amide bonds. The van der Waals surface area contributed by atoms with Gasteiger partial charge in [-0.3, -0.25) is 9.59 Å². The third kappa shape index (κ3) is 4.89. The number of halogens is 1. The minimum Gasteiger partial charge on any atom is -0.376 e. The molecule has 0 aromatic heterocycles. The van der Waals surface area contributed by atoms with E-state index < -0.39 is 0 Å². The molecule has 2 aromatic carbocycles. The molecule has 1 aliphatic rings. The van der Waals surface area contributed by atoms with Crippen molar-refractivity contribution in [2.45, 2.75) is 25.5 Å². The molecule has 2 aromatic rings. The van der Waals surface area contributed by atoms with Gasteiger partial charge in [-0.2, -0.15) is 0 Å². The van der Waals surface area contributed by atoms with Crippen molar-refractivity contribution in [1.82, 2.24) is 10.6 Å². The van der Waals surface area contributed by atoms with Gasteiger partial charge in [-0.05, 0) is 48.7 Å². The van der Waals surface area contributed by atoms with Gasteiger partial charge in [0.15, 0.2) is 0 Å². The highest BCUT2D eigenvalue weighted by atomic mass is 19.1. The average molecular weight is 356 g/mol. The lowest BCUT2D eigenvalue weighted by atomic mass is 10.1. The van der Waals surface area contributed by atoms with Gasteiger partial charge in [0.25, 0.3) is 11.8 Å². The third-order valence-corrected chi connectivity index (χ3v) is 4.27. The van der Waals surface area contributed by atoms with Crippen LogP contribution >= 0.6 is 0 Å². The summed E-state index contributed by atoms with van der Waals surface area (Å²) in [6.07, 6.45) is 2.04. The highest BCUT2D eigenvalue weighted by molar-refractivity contribution is 5.99. The maximum absolute atomic E-state index is 12.9. The summed E-state index contributed by atoms with van der Waals surface area (Å²) in [5.41, 5.74) is 1.62. The summed E-state index contributed by atoms with van der Waals surface area (Å²) >= 11 is 0. The molecule has 26 heavy (non-hydrogen) atoms. The summed E-state index contributed by atoms with van der Waals surface area (Å²) in [6, 6.07) is 12.5. The SMILES string of the molecule is O=C(NCc1ccc(F)cc1)c1cccc(C(=O)NCC2CCCO2)c1. The van der Waals surface area contributed by atoms with Gasteiger partial charge in [-0.25, -0.2) is 4.39 Å². The first-order valence-electron chi connectivity index (χ1n) is 8.64. The second-order valence-electron chi connectivity index (χ2n) is 6.24. The lowest BCUT2D eigenvalue weighted by Crippen LogP contribution is -2.32. The van der Waals surface area contributed by atoms with Crippen molar-refractivity contribution in [3.8, 4) is 0 Å². The fraction of sp³-hybridized carbons (Fsp3) is 0.300. The molecule has 2 N–H and O–H groups in total. The monoisotopic (exact) mass is 356 g/mol. The van der Waals surface area contributed by atoms with Crippen LogP contribution in [0.5, 0.6) is 0 Å². The number of ether oxygens (including phenoxy) is 1. The second kappa shape index (κ2) is 8.58. The Balaban J connectivity index is 1.55. The molecule has 1 heterocycles. The Morgan fingerprint density at radius 2 is 1.73 bits per heavy atom. The molecule has 0 bridgehead atoms. The molecule has 1 fully saturated rings. The Hall–Kier alpha value is -2.73. The smallest absolute Gasteiger partial charge is 0.251 e. The Morgan fingerprint density at radius 1 is 1.04 bits per heavy atom. The van der Waals surface area contributed by atoms with E-state index in [4.69, 9.17) is 4.74 Å². The van der Waals surface area contributed by atoms with Gasteiger partial charge in [-0.1, -0.05) is 18.2 Å². The third-order valence-electron chi connectivity index (χ3n) is 4.27. The zero-order valence-corrected chi connectivity index (χ0v) is 14.3. The summed E-state index contributed by atoms with van der Waals surface area (Å²) in [7, 11) is 0. The topological polar surface area (TPSA) is 67.4 Å². The molecule has 0 spiro atoms. The normalized spacial score (nSPS) is 16.3. The summed E-state index contributed by atoms with van der Waals surface area (Å²) in [6.45, 7) is 1.50. The number of amides is 2. The van der Waals surface area contributed by atoms with Crippen molar-refractivity contribution >= 4 is 11.8 Å². The van der Waals surface area contributed by atoms with Crippen molar-refractivity contribution in [2.24, 2.45) is 0 Å². The average Bonchev–Trinajstić information content (AvgIpc) is 3.19. The summed E-state index contributed by atoms with van der Waals surface area (Å²) in [5, 5.41) is 5.60. The summed E-state index contributed by atoms with van der Waals surface area (Å²) in [5.74, 6) is -0.835. The molecule has 0 saturated carbocycles. The molecule has 5 nitrogen and oxygen atoms in total. The van der Waals surface area contributed by atoms with Crippen LogP contribution in [0, 0.1) is 5.82 Å². The molecule has 1 unspecified atom stereocenters. The van der Waals surface area contributed by atoms with Crippen LogP contribution in [0.4, 0.5) is 4.39 Å². The number of hydrogen-bond donors (Lipinski definition) is 2. The summed E-state index contributed by atoms with van der Waals surface area (Å²) < 4.78 is 18.4. The molecule has 136 valence electrons. The predicted molar refractivity (Wildman–Crippen MR) is 95.3 cm³/mol. The van der Waals surface area contributed by atoms with Gasteiger partial charge in [0, 0.05) is 30.8 Å². The zero-order valence-electron chi connectivity index (χ0n) is 14.3. The number of benzene rings is 2. The van der Waals surface area contributed by atoms with Gasteiger partial charge in [0.2, 0.25) is 0 Å². The molecule has 0 aliphatic carbocycles. The lowest BCUT2D eigenvalue weighted by molar-refractivity contribution is 0.0857. The van der Waals surface area contributed by atoms with E-state index in [1.807, 2.05) is 0 Å².